The highest BCUT2D eigenvalue weighted by Crippen LogP contribution is 2.20. The largest absolute Gasteiger partial charge is 0.466 e. The van der Waals surface area contributed by atoms with Crippen LogP contribution in [0.4, 0.5) is 0 Å². The molecule has 0 fully saturated rings. The molecule has 1 aromatic rings. The van der Waals surface area contributed by atoms with Crippen LogP contribution in [-0.2, 0) is 4.79 Å². The highest BCUT2D eigenvalue weighted by Gasteiger charge is 2.10. The summed E-state index contributed by atoms with van der Waals surface area (Å²) in [6.45, 7) is 5.71. The number of hydrogen-bond acceptors (Lipinski definition) is 2. The number of nitrogens with one attached hydrogen (secondary N) is 1. The zero-order chi connectivity index (χ0) is 9.14. The minimum absolute atomic E-state index is 0.0277. The fourth-order valence-electron chi connectivity index (χ4n) is 1.27. The van der Waals surface area contributed by atoms with Gasteiger partial charge in [0.25, 0.3) is 0 Å². The van der Waals surface area contributed by atoms with Crippen LogP contribution in [0.2, 0.25) is 0 Å². The number of rotatable bonds is 3. The van der Waals surface area contributed by atoms with Crippen LogP contribution >= 0.6 is 0 Å². The molecule has 3 nitrogen and oxygen atoms in total. The molecule has 1 unspecified atom stereocenters. The van der Waals surface area contributed by atoms with E-state index in [0.29, 0.717) is 6.41 Å². The summed E-state index contributed by atoms with van der Waals surface area (Å²) in [6, 6.07) is 1.97. The van der Waals surface area contributed by atoms with Gasteiger partial charge in [0, 0.05) is 5.56 Å². The second-order valence-electron chi connectivity index (χ2n) is 2.87. The van der Waals surface area contributed by atoms with Crippen molar-refractivity contribution >= 4 is 6.41 Å². The third-order valence-corrected chi connectivity index (χ3v) is 1.86. The number of furan rings is 1. The monoisotopic (exact) mass is 167 g/mol. The molecular formula is C9H13NO2. The third-order valence-electron chi connectivity index (χ3n) is 1.86. The van der Waals surface area contributed by atoms with E-state index < -0.39 is 0 Å². The second-order valence-corrected chi connectivity index (χ2v) is 2.87. The Labute approximate surface area is 71.8 Å². The van der Waals surface area contributed by atoms with Crippen molar-refractivity contribution in [1.82, 2.24) is 5.32 Å². The molecule has 3 heteroatoms. The van der Waals surface area contributed by atoms with Gasteiger partial charge in [-0.05, 0) is 26.8 Å². The van der Waals surface area contributed by atoms with Gasteiger partial charge in [-0.2, -0.15) is 0 Å². The first-order chi connectivity index (χ1) is 5.65. The van der Waals surface area contributed by atoms with Gasteiger partial charge in [-0.15, -0.1) is 0 Å². The molecule has 0 aromatic carbocycles. The Hall–Kier alpha value is -1.25. The van der Waals surface area contributed by atoms with E-state index in [-0.39, 0.29) is 6.04 Å². The van der Waals surface area contributed by atoms with Gasteiger partial charge in [0.15, 0.2) is 0 Å². The molecule has 0 saturated carbocycles. The molecule has 0 saturated heterocycles. The molecule has 1 rings (SSSR count). The van der Waals surface area contributed by atoms with Crippen LogP contribution in [0.3, 0.4) is 0 Å². The van der Waals surface area contributed by atoms with Crippen molar-refractivity contribution < 1.29 is 9.21 Å². The smallest absolute Gasteiger partial charge is 0.207 e. The molecule has 0 aliphatic carbocycles. The minimum Gasteiger partial charge on any atom is -0.466 e. The van der Waals surface area contributed by atoms with Crippen LogP contribution in [-0.4, -0.2) is 6.41 Å². The van der Waals surface area contributed by atoms with E-state index in [2.05, 4.69) is 5.32 Å². The van der Waals surface area contributed by atoms with E-state index in [1.165, 1.54) is 0 Å². The lowest BCUT2D eigenvalue weighted by Gasteiger charge is -2.07. The molecule has 1 N–H and O–H groups in total. The average molecular weight is 167 g/mol. The Morgan fingerprint density at radius 1 is 1.58 bits per heavy atom. The Bertz CT molecular complexity index is 278. The molecule has 1 heterocycles. The zero-order valence-corrected chi connectivity index (χ0v) is 7.55. The Morgan fingerprint density at radius 3 is 2.67 bits per heavy atom. The lowest BCUT2D eigenvalue weighted by atomic mass is 10.1. The van der Waals surface area contributed by atoms with Gasteiger partial charge in [-0.1, -0.05) is 0 Å². The average Bonchev–Trinajstić information content (AvgIpc) is 2.30. The number of aryl methyl sites for hydroxylation is 2. The van der Waals surface area contributed by atoms with Crippen LogP contribution in [0.5, 0.6) is 0 Å². The van der Waals surface area contributed by atoms with E-state index in [1.807, 2.05) is 26.8 Å². The topological polar surface area (TPSA) is 42.2 Å². The molecule has 0 radical (unpaired) electrons. The summed E-state index contributed by atoms with van der Waals surface area (Å²) >= 11 is 0. The number of hydrogen-bond donors (Lipinski definition) is 1. The molecule has 0 spiro atoms. The van der Waals surface area contributed by atoms with Crippen LogP contribution < -0.4 is 5.32 Å². The van der Waals surface area contributed by atoms with E-state index in [9.17, 15) is 4.79 Å². The van der Waals surface area contributed by atoms with Gasteiger partial charge < -0.3 is 9.73 Å². The fourth-order valence-corrected chi connectivity index (χ4v) is 1.27. The Morgan fingerprint density at radius 2 is 2.25 bits per heavy atom. The second kappa shape index (κ2) is 3.43. The molecule has 0 aliphatic rings. The van der Waals surface area contributed by atoms with Crippen molar-refractivity contribution in [1.29, 1.82) is 0 Å². The van der Waals surface area contributed by atoms with Crippen molar-refractivity contribution in [3.05, 3.63) is 23.2 Å². The number of carbonyl (C=O) groups excluding carboxylic acids is 1. The van der Waals surface area contributed by atoms with E-state index in [4.69, 9.17) is 4.42 Å². The van der Waals surface area contributed by atoms with Gasteiger partial charge in [-0.25, -0.2) is 0 Å². The van der Waals surface area contributed by atoms with Gasteiger partial charge in [-0.3, -0.25) is 4.79 Å². The first kappa shape index (κ1) is 8.84. The summed E-state index contributed by atoms with van der Waals surface area (Å²) in [5.41, 5.74) is 1.04. The standard InChI is InChI=1S/C9H13NO2/c1-6-4-9(8(3)12-6)7(2)10-5-11/h4-5,7H,1-3H3,(H,10,11). The van der Waals surface area contributed by atoms with E-state index in [1.54, 1.807) is 0 Å². The lowest BCUT2D eigenvalue weighted by Crippen LogP contribution is -2.16. The zero-order valence-electron chi connectivity index (χ0n) is 7.55. The summed E-state index contributed by atoms with van der Waals surface area (Å²) < 4.78 is 5.33. The van der Waals surface area contributed by atoms with Crippen LogP contribution in [0.1, 0.15) is 30.0 Å². The van der Waals surface area contributed by atoms with E-state index >= 15 is 0 Å². The highest BCUT2D eigenvalue weighted by atomic mass is 16.3. The molecule has 1 atom stereocenters. The summed E-state index contributed by atoms with van der Waals surface area (Å²) in [5, 5.41) is 2.68. The Kier molecular flexibility index (Phi) is 2.53. The SMILES string of the molecule is Cc1cc(C(C)NC=O)c(C)o1. The van der Waals surface area contributed by atoms with Crippen molar-refractivity contribution in [2.45, 2.75) is 26.8 Å². The van der Waals surface area contributed by atoms with Crippen LogP contribution in [0.25, 0.3) is 0 Å². The normalized spacial score (nSPS) is 12.6. The van der Waals surface area contributed by atoms with Crippen molar-refractivity contribution in [2.24, 2.45) is 0 Å². The number of carbonyl (C=O) groups is 1. The molecular weight excluding hydrogens is 154 g/mol. The maximum absolute atomic E-state index is 10.2. The molecule has 12 heavy (non-hydrogen) atoms. The molecule has 1 aromatic heterocycles. The van der Waals surface area contributed by atoms with Crippen molar-refractivity contribution in [2.75, 3.05) is 0 Å². The molecule has 66 valence electrons. The molecule has 0 aliphatic heterocycles. The van der Waals surface area contributed by atoms with Crippen molar-refractivity contribution in [3.8, 4) is 0 Å². The van der Waals surface area contributed by atoms with Gasteiger partial charge >= 0.3 is 0 Å². The predicted molar refractivity (Wildman–Crippen MR) is 45.8 cm³/mol. The van der Waals surface area contributed by atoms with Gasteiger partial charge in [0.05, 0.1) is 6.04 Å². The first-order valence-electron chi connectivity index (χ1n) is 3.91. The highest BCUT2D eigenvalue weighted by molar-refractivity contribution is 5.47. The van der Waals surface area contributed by atoms with Crippen LogP contribution in [0.15, 0.2) is 10.5 Å². The van der Waals surface area contributed by atoms with Crippen LogP contribution in [0, 0.1) is 13.8 Å². The molecule has 0 bridgehead atoms. The lowest BCUT2D eigenvalue weighted by molar-refractivity contribution is -0.110. The van der Waals surface area contributed by atoms with E-state index in [0.717, 1.165) is 17.1 Å². The third kappa shape index (κ3) is 1.67. The summed E-state index contributed by atoms with van der Waals surface area (Å²) in [6.07, 6.45) is 0.701. The van der Waals surface area contributed by atoms with Gasteiger partial charge in [0.2, 0.25) is 6.41 Å². The maximum Gasteiger partial charge on any atom is 0.207 e. The minimum atomic E-state index is 0.0277. The fraction of sp³-hybridized carbons (Fsp3) is 0.444. The van der Waals surface area contributed by atoms with Gasteiger partial charge in [0.1, 0.15) is 11.5 Å². The first-order valence-corrected chi connectivity index (χ1v) is 3.91. The summed E-state index contributed by atoms with van der Waals surface area (Å²) in [7, 11) is 0. The number of amides is 1. The maximum atomic E-state index is 10.2. The quantitative estimate of drug-likeness (QED) is 0.696. The van der Waals surface area contributed by atoms with Crippen molar-refractivity contribution in [3.63, 3.8) is 0 Å². The Balaban J connectivity index is 2.85. The predicted octanol–water partition coefficient (Wildman–Crippen LogP) is 1.70. The summed E-state index contributed by atoms with van der Waals surface area (Å²) in [5.74, 6) is 1.75. The summed E-state index contributed by atoms with van der Waals surface area (Å²) in [4.78, 5) is 10.2. The molecule has 1 amide bonds.